The molecule has 2 aromatic carbocycles. The van der Waals surface area contributed by atoms with E-state index in [1.807, 2.05) is 0 Å². The molecule has 3 rings (SSSR count). The average Bonchev–Trinajstić information content (AvgIpc) is 3.10. The van der Waals surface area contributed by atoms with E-state index in [2.05, 4.69) is 4.98 Å². The van der Waals surface area contributed by atoms with Gasteiger partial charge in [0.1, 0.15) is 18.1 Å². The number of rotatable bonds is 4. The molecule has 164 valence electrons. The van der Waals surface area contributed by atoms with Crippen molar-refractivity contribution in [1.29, 1.82) is 0 Å². The molecule has 1 amide bonds. The lowest BCUT2D eigenvalue weighted by atomic mass is 10.1. The fraction of sp³-hybridized carbons (Fsp3) is 0.158. The number of hydrogen-bond acceptors (Lipinski definition) is 2. The molecule has 31 heavy (non-hydrogen) atoms. The summed E-state index contributed by atoms with van der Waals surface area (Å²) in [6, 6.07) is 8.78. The number of hydrogen-bond donors (Lipinski definition) is 1. The standard InChI is InChI=1S/C19H11Cl2F6N3O/c20-10-1-4-12(5-2-10)30-8-15(17(31)28-9-18(22,23)24)29-16(30)13-6-3-11(21)7-14(13)19(25,26)27/h1-8H,9H2,(H,28,31). The first kappa shape index (κ1) is 23.0. The molecular formula is C19H11Cl2F6N3O. The lowest BCUT2D eigenvalue weighted by molar-refractivity contribution is -0.137. The van der Waals surface area contributed by atoms with Crippen LogP contribution in [0.5, 0.6) is 0 Å². The zero-order chi connectivity index (χ0) is 23.0. The highest BCUT2D eigenvalue weighted by Crippen LogP contribution is 2.39. The summed E-state index contributed by atoms with van der Waals surface area (Å²) in [6.45, 7) is -1.62. The largest absolute Gasteiger partial charge is 0.417 e. The highest BCUT2D eigenvalue weighted by molar-refractivity contribution is 6.31. The number of benzene rings is 2. The Labute approximate surface area is 181 Å². The molecule has 0 saturated heterocycles. The number of carbonyl (C=O) groups is 1. The Morgan fingerprint density at radius 1 is 0.968 bits per heavy atom. The molecule has 3 aromatic rings. The first-order valence-electron chi connectivity index (χ1n) is 8.42. The van der Waals surface area contributed by atoms with Crippen LogP contribution in [-0.4, -0.2) is 28.2 Å². The molecule has 0 aliphatic rings. The molecule has 1 aromatic heterocycles. The highest BCUT2D eigenvalue weighted by atomic mass is 35.5. The fourth-order valence-electron chi connectivity index (χ4n) is 2.70. The van der Waals surface area contributed by atoms with Gasteiger partial charge in [-0.3, -0.25) is 9.36 Å². The highest BCUT2D eigenvalue weighted by Gasteiger charge is 2.36. The van der Waals surface area contributed by atoms with Gasteiger partial charge in [-0.05, 0) is 42.5 Å². The predicted octanol–water partition coefficient (Wildman–Crippen LogP) is 6.16. The Morgan fingerprint density at radius 2 is 1.58 bits per heavy atom. The van der Waals surface area contributed by atoms with Crippen LogP contribution < -0.4 is 5.32 Å². The van der Waals surface area contributed by atoms with Gasteiger partial charge in [0.25, 0.3) is 5.91 Å². The number of alkyl halides is 6. The van der Waals surface area contributed by atoms with E-state index < -0.39 is 41.6 Å². The molecule has 0 aliphatic carbocycles. The summed E-state index contributed by atoms with van der Waals surface area (Å²) in [5.74, 6) is -1.52. The van der Waals surface area contributed by atoms with Crippen LogP contribution >= 0.6 is 23.2 Å². The summed E-state index contributed by atoms with van der Waals surface area (Å²) in [6.07, 6.45) is -8.44. The first-order valence-corrected chi connectivity index (χ1v) is 9.18. The van der Waals surface area contributed by atoms with Gasteiger partial charge in [0, 0.05) is 27.5 Å². The van der Waals surface area contributed by atoms with E-state index in [-0.39, 0.29) is 16.5 Å². The van der Waals surface area contributed by atoms with Crippen molar-refractivity contribution in [3.63, 3.8) is 0 Å². The fourth-order valence-corrected chi connectivity index (χ4v) is 2.99. The third-order valence-corrected chi connectivity index (χ3v) is 4.51. The van der Waals surface area contributed by atoms with Crippen LogP contribution in [0.25, 0.3) is 17.1 Å². The number of aromatic nitrogens is 2. The van der Waals surface area contributed by atoms with Crippen molar-refractivity contribution in [2.45, 2.75) is 12.4 Å². The summed E-state index contributed by atoms with van der Waals surface area (Å²) in [5.41, 5.74) is -1.76. The van der Waals surface area contributed by atoms with Gasteiger partial charge in [0.05, 0.1) is 5.56 Å². The molecule has 0 bridgehead atoms. The van der Waals surface area contributed by atoms with Gasteiger partial charge in [-0.15, -0.1) is 0 Å². The second-order valence-electron chi connectivity index (χ2n) is 6.28. The number of halogens is 8. The third kappa shape index (κ3) is 5.50. The van der Waals surface area contributed by atoms with Crippen LogP contribution in [0.2, 0.25) is 10.0 Å². The number of imidazole rings is 1. The Morgan fingerprint density at radius 3 is 2.16 bits per heavy atom. The maximum atomic E-state index is 13.6. The van der Waals surface area contributed by atoms with Crippen molar-refractivity contribution < 1.29 is 31.1 Å². The van der Waals surface area contributed by atoms with E-state index in [0.29, 0.717) is 11.1 Å². The average molecular weight is 482 g/mol. The zero-order valence-corrected chi connectivity index (χ0v) is 16.7. The van der Waals surface area contributed by atoms with Gasteiger partial charge >= 0.3 is 12.4 Å². The summed E-state index contributed by atoms with van der Waals surface area (Å²) in [7, 11) is 0. The molecule has 0 fully saturated rings. The van der Waals surface area contributed by atoms with Gasteiger partial charge in [0.15, 0.2) is 0 Å². The minimum absolute atomic E-state index is 0.177. The molecular weight excluding hydrogens is 471 g/mol. The maximum absolute atomic E-state index is 13.6. The van der Waals surface area contributed by atoms with Crippen molar-refractivity contribution in [3.8, 4) is 17.1 Å². The molecule has 0 saturated carbocycles. The molecule has 4 nitrogen and oxygen atoms in total. The second kappa shape index (κ2) is 8.43. The zero-order valence-electron chi connectivity index (χ0n) is 15.2. The van der Waals surface area contributed by atoms with E-state index in [9.17, 15) is 31.1 Å². The Bertz CT molecular complexity index is 1110. The van der Waals surface area contributed by atoms with Gasteiger partial charge in [0.2, 0.25) is 0 Å². The smallest absolute Gasteiger partial charge is 0.342 e. The SMILES string of the molecule is O=C(NCC(F)(F)F)c1cn(-c2ccc(Cl)cc2)c(-c2ccc(Cl)cc2C(F)(F)F)n1. The van der Waals surface area contributed by atoms with Crippen LogP contribution in [0.4, 0.5) is 26.3 Å². The quantitative estimate of drug-likeness (QED) is 0.453. The summed E-state index contributed by atoms with van der Waals surface area (Å²) in [5, 5.41) is 1.81. The van der Waals surface area contributed by atoms with Crippen molar-refractivity contribution >= 4 is 29.1 Å². The molecule has 0 spiro atoms. The van der Waals surface area contributed by atoms with E-state index in [1.54, 1.807) is 5.32 Å². The minimum Gasteiger partial charge on any atom is -0.342 e. The van der Waals surface area contributed by atoms with Crippen LogP contribution in [0.3, 0.4) is 0 Å². The Hall–Kier alpha value is -2.72. The van der Waals surface area contributed by atoms with Crippen molar-refractivity contribution in [3.05, 3.63) is 70.0 Å². The topological polar surface area (TPSA) is 46.9 Å². The molecule has 12 heteroatoms. The lowest BCUT2D eigenvalue weighted by Crippen LogP contribution is -2.33. The van der Waals surface area contributed by atoms with Gasteiger partial charge < -0.3 is 5.32 Å². The van der Waals surface area contributed by atoms with Crippen LogP contribution in [-0.2, 0) is 6.18 Å². The van der Waals surface area contributed by atoms with Gasteiger partial charge in [-0.25, -0.2) is 4.98 Å². The lowest BCUT2D eigenvalue weighted by Gasteiger charge is -2.14. The van der Waals surface area contributed by atoms with Crippen LogP contribution in [0.15, 0.2) is 48.7 Å². The molecule has 0 aliphatic heterocycles. The summed E-state index contributed by atoms with van der Waals surface area (Å²) < 4.78 is 79.2. The Kier molecular flexibility index (Phi) is 6.24. The molecule has 1 heterocycles. The van der Waals surface area contributed by atoms with Gasteiger partial charge in [-0.1, -0.05) is 23.2 Å². The number of amides is 1. The van der Waals surface area contributed by atoms with Gasteiger partial charge in [-0.2, -0.15) is 26.3 Å². The molecule has 1 N–H and O–H groups in total. The number of nitrogens with zero attached hydrogens (tertiary/aromatic N) is 2. The summed E-state index contributed by atoms with van der Waals surface area (Å²) >= 11 is 11.6. The Balaban J connectivity index is 2.16. The monoisotopic (exact) mass is 481 g/mol. The first-order chi connectivity index (χ1) is 14.3. The molecule has 0 unspecified atom stereocenters. The van der Waals surface area contributed by atoms with Crippen molar-refractivity contribution in [1.82, 2.24) is 14.9 Å². The third-order valence-electron chi connectivity index (χ3n) is 4.02. The van der Waals surface area contributed by atoms with E-state index in [0.717, 1.165) is 16.8 Å². The number of nitrogens with one attached hydrogen (secondary N) is 1. The van der Waals surface area contributed by atoms with Crippen molar-refractivity contribution in [2.24, 2.45) is 0 Å². The maximum Gasteiger partial charge on any atom is 0.417 e. The van der Waals surface area contributed by atoms with E-state index in [1.165, 1.54) is 30.3 Å². The second-order valence-corrected chi connectivity index (χ2v) is 7.15. The van der Waals surface area contributed by atoms with E-state index in [4.69, 9.17) is 23.2 Å². The minimum atomic E-state index is -4.81. The predicted molar refractivity (Wildman–Crippen MR) is 102 cm³/mol. The summed E-state index contributed by atoms with van der Waals surface area (Å²) in [4.78, 5) is 16.0. The van der Waals surface area contributed by atoms with E-state index >= 15 is 0 Å². The normalized spacial score (nSPS) is 12.1. The molecule has 0 radical (unpaired) electrons. The van der Waals surface area contributed by atoms with Crippen LogP contribution in [0, 0.1) is 0 Å². The molecule has 0 atom stereocenters. The number of carbonyl (C=O) groups excluding carboxylic acids is 1. The van der Waals surface area contributed by atoms with Crippen molar-refractivity contribution in [2.75, 3.05) is 6.54 Å². The van der Waals surface area contributed by atoms with Crippen LogP contribution in [0.1, 0.15) is 16.1 Å².